The third-order valence-electron chi connectivity index (χ3n) is 4.16. The summed E-state index contributed by atoms with van der Waals surface area (Å²) in [5.41, 5.74) is 0.659. The van der Waals surface area contributed by atoms with E-state index < -0.39 is 11.8 Å². The van der Waals surface area contributed by atoms with Crippen LogP contribution in [-0.2, 0) is 4.74 Å². The Balaban J connectivity index is 1.97. The molecule has 154 valence electrons. The van der Waals surface area contributed by atoms with Gasteiger partial charge in [0.2, 0.25) is 0 Å². The SMILES string of the molecule is COC(=O)c1cc(Cl)c(Oc2ccc(OC)c(C(=O)c3ccc(F)cc3)c2)c(Cl)c1. The van der Waals surface area contributed by atoms with Gasteiger partial charge in [0.25, 0.3) is 0 Å². The topological polar surface area (TPSA) is 61.8 Å². The number of ether oxygens (including phenoxy) is 3. The van der Waals surface area contributed by atoms with Crippen LogP contribution < -0.4 is 9.47 Å². The Hall–Kier alpha value is -3.09. The van der Waals surface area contributed by atoms with Gasteiger partial charge in [0, 0.05) is 5.56 Å². The summed E-state index contributed by atoms with van der Waals surface area (Å²) in [6.45, 7) is 0. The normalized spacial score (nSPS) is 10.4. The number of ketones is 1. The van der Waals surface area contributed by atoms with Gasteiger partial charge in [0.05, 0.1) is 35.4 Å². The molecule has 0 aliphatic rings. The molecule has 0 fully saturated rings. The van der Waals surface area contributed by atoms with Gasteiger partial charge in [0.15, 0.2) is 11.5 Å². The highest BCUT2D eigenvalue weighted by atomic mass is 35.5. The number of carbonyl (C=O) groups is 2. The molecule has 0 N–H and O–H groups in total. The Morgan fingerprint density at radius 2 is 1.50 bits per heavy atom. The maximum Gasteiger partial charge on any atom is 0.337 e. The predicted octanol–water partition coefficient (Wildman–Crippen LogP) is 5.95. The summed E-state index contributed by atoms with van der Waals surface area (Å²) in [6, 6.07) is 12.5. The number of esters is 1. The van der Waals surface area contributed by atoms with Crippen LogP contribution in [0.4, 0.5) is 4.39 Å². The molecule has 0 aliphatic carbocycles. The standard InChI is InChI=1S/C22H15Cl2FO5/c1-28-19-8-7-15(11-16(19)20(26)12-3-5-14(25)6-4-12)30-21-17(23)9-13(10-18(21)24)22(27)29-2/h3-11H,1-2H3. The lowest BCUT2D eigenvalue weighted by Crippen LogP contribution is -2.05. The Kier molecular flexibility index (Phi) is 6.59. The number of methoxy groups -OCH3 is 2. The molecule has 0 spiro atoms. The van der Waals surface area contributed by atoms with Crippen molar-refractivity contribution in [2.24, 2.45) is 0 Å². The van der Waals surface area contributed by atoms with E-state index >= 15 is 0 Å². The third kappa shape index (κ3) is 4.56. The van der Waals surface area contributed by atoms with Gasteiger partial charge < -0.3 is 14.2 Å². The lowest BCUT2D eigenvalue weighted by atomic mass is 10.0. The molecule has 0 bridgehead atoms. The molecule has 0 saturated carbocycles. The highest BCUT2D eigenvalue weighted by Crippen LogP contribution is 2.38. The molecule has 0 aromatic heterocycles. The van der Waals surface area contributed by atoms with Crippen LogP contribution in [0, 0.1) is 5.82 Å². The monoisotopic (exact) mass is 448 g/mol. The summed E-state index contributed by atoms with van der Waals surface area (Å²) in [5.74, 6) is -0.741. The lowest BCUT2D eigenvalue weighted by molar-refractivity contribution is 0.0600. The van der Waals surface area contributed by atoms with Crippen LogP contribution in [0.15, 0.2) is 54.6 Å². The highest BCUT2D eigenvalue weighted by molar-refractivity contribution is 6.37. The molecule has 0 atom stereocenters. The van der Waals surface area contributed by atoms with Crippen molar-refractivity contribution in [1.82, 2.24) is 0 Å². The van der Waals surface area contributed by atoms with Crippen molar-refractivity contribution in [2.75, 3.05) is 14.2 Å². The van der Waals surface area contributed by atoms with E-state index in [4.69, 9.17) is 32.7 Å². The second kappa shape index (κ2) is 9.15. The summed E-state index contributed by atoms with van der Waals surface area (Å²) in [7, 11) is 2.67. The van der Waals surface area contributed by atoms with Crippen LogP contribution in [0.3, 0.4) is 0 Å². The molecular weight excluding hydrogens is 434 g/mol. The van der Waals surface area contributed by atoms with E-state index in [1.54, 1.807) is 12.1 Å². The van der Waals surface area contributed by atoms with Gasteiger partial charge in [-0.1, -0.05) is 23.2 Å². The minimum Gasteiger partial charge on any atom is -0.496 e. The van der Waals surface area contributed by atoms with Gasteiger partial charge in [-0.15, -0.1) is 0 Å². The van der Waals surface area contributed by atoms with Crippen molar-refractivity contribution in [3.8, 4) is 17.2 Å². The highest BCUT2D eigenvalue weighted by Gasteiger charge is 2.19. The van der Waals surface area contributed by atoms with E-state index in [1.165, 1.54) is 56.7 Å². The predicted molar refractivity (Wildman–Crippen MR) is 111 cm³/mol. The fourth-order valence-corrected chi connectivity index (χ4v) is 3.26. The zero-order chi connectivity index (χ0) is 21.8. The van der Waals surface area contributed by atoms with E-state index in [2.05, 4.69) is 4.74 Å². The average Bonchev–Trinajstić information content (AvgIpc) is 2.75. The van der Waals surface area contributed by atoms with Crippen LogP contribution in [0.5, 0.6) is 17.2 Å². The number of halogens is 3. The summed E-state index contributed by atoms with van der Waals surface area (Å²) in [4.78, 5) is 24.5. The molecule has 8 heteroatoms. The van der Waals surface area contributed by atoms with E-state index in [1.807, 2.05) is 0 Å². The second-order valence-corrected chi connectivity index (χ2v) is 6.88. The second-order valence-electron chi connectivity index (χ2n) is 6.06. The number of benzene rings is 3. The minimum atomic E-state index is -0.595. The fraction of sp³-hybridized carbons (Fsp3) is 0.0909. The molecule has 0 amide bonds. The van der Waals surface area contributed by atoms with Gasteiger partial charge in [-0.25, -0.2) is 9.18 Å². The summed E-state index contributed by atoms with van der Waals surface area (Å²) < 4.78 is 28.9. The van der Waals surface area contributed by atoms with E-state index in [0.29, 0.717) is 5.75 Å². The molecule has 0 unspecified atom stereocenters. The number of hydrogen-bond acceptors (Lipinski definition) is 5. The Bertz CT molecular complexity index is 1090. The first-order chi connectivity index (χ1) is 14.3. The van der Waals surface area contributed by atoms with Crippen molar-refractivity contribution in [3.05, 3.63) is 87.2 Å². The molecule has 3 aromatic rings. The number of hydrogen-bond donors (Lipinski definition) is 0. The van der Waals surface area contributed by atoms with Crippen molar-refractivity contribution in [1.29, 1.82) is 0 Å². The van der Waals surface area contributed by atoms with Crippen LogP contribution in [0.2, 0.25) is 10.0 Å². The van der Waals surface area contributed by atoms with Gasteiger partial charge in [-0.3, -0.25) is 4.79 Å². The zero-order valence-corrected chi connectivity index (χ0v) is 17.4. The Morgan fingerprint density at radius 1 is 0.867 bits per heavy atom. The van der Waals surface area contributed by atoms with E-state index in [0.717, 1.165) is 0 Å². The van der Waals surface area contributed by atoms with Crippen LogP contribution >= 0.6 is 23.2 Å². The molecule has 0 radical (unpaired) electrons. The van der Waals surface area contributed by atoms with Crippen molar-refractivity contribution < 1.29 is 28.2 Å². The fourth-order valence-electron chi connectivity index (χ4n) is 2.70. The Morgan fingerprint density at radius 3 is 2.07 bits per heavy atom. The maximum absolute atomic E-state index is 13.2. The van der Waals surface area contributed by atoms with Crippen LogP contribution in [-0.4, -0.2) is 26.0 Å². The van der Waals surface area contributed by atoms with E-state index in [-0.39, 0.29) is 44.0 Å². The minimum absolute atomic E-state index is 0.0881. The summed E-state index contributed by atoms with van der Waals surface area (Å²) in [6.07, 6.45) is 0. The molecule has 0 saturated heterocycles. The molecule has 3 aromatic carbocycles. The van der Waals surface area contributed by atoms with Gasteiger partial charge in [-0.2, -0.15) is 0 Å². The van der Waals surface area contributed by atoms with Gasteiger partial charge in [-0.05, 0) is 54.6 Å². The number of rotatable bonds is 6. The number of carbonyl (C=O) groups excluding carboxylic acids is 2. The lowest BCUT2D eigenvalue weighted by Gasteiger charge is -2.14. The third-order valence-corrected chi connectivity index (χ3v) is 4.72. The average molecular weight is 449 g/mol. The molecular formula is C22H15Cl2FO5. The zero-order valence-electron chi connectivity index (χ0n) is 15.9. The van der Waals surface area contributed by atoms with Gasteiger partial charge in [0.1, 0.15) is 17.3 Å². The van der Waals surface area contributed by atoms with Crippen LogP contribution in [0.1, 0.15) is 26.3 Å². The first-order valence-corrected chi connectivity index (χ1v) is 9.33. The van der Waals surface area contributed by atoms with E-state index in [9.17, 15) is 14.0 Å². The van der Waals surface area contributed by atoms with Gasteiger partial charge >= 0.3 is 5.97 Å². The Labute approximate surface area is 181 Å². The maximum atomic E-state index is 13.2. The summed E-state index contributed by atoms with van der Waals surface area (Å²) >= 11 is 12.4. The van der Waals surface area contributed by atoms with Crippen LogP contribution in [0.25, 0.3) is 0 Å². The van der Waals surface area contributed by atoms with Crippen molar-refractivity contribution in [3.63, 3.8) is 0 Å². The largest absolute Gasteiger partial charge is 0.496 e. The smallest absolute Gasteiger partial charge is 0.337 e. The first kappa shape index (κ1) is 21.6. The molecule has 3 rings (SSSR count). The van der Waals surface area contributed by atoms with Crippen molar-refractivity contribution in [2.45, 2.75) is 0 Å². The van der Waals surface area contributed by atoms with Crippen molar-refractivity contribution >= 4 is 35.0 Å². The molecule has 0 aliphatic heterocycles. The molecule has 0 heterocycles. The summed E-state index contributed by atoms with van der Waals surface area (Å²) in [5, 5.41) is 0.176. The first-order valence-electron chi connectivity index (χ1n) is 8.57. The molecule has 5 nitrogen and oxygen atoms in total. The molecule has 30 heavy (non-hydrogen) atoms. The quantitative estimate of drug-likeness (QED) is 0.344.